The first-order valence-corrected chi connectivity index (χ1v) is 7.05. The van der Waals surface area contributed by atoms with E-state index in [4.69, 9.17) is 23.2 Å². The smallest absolute Gasteiger partial charge is 0.316 e. The average Bonchev–Trinajstić information content (AvgIpc) is 2.84. The van der Waals surface area contributed by atoms with E-state index < -0.39 is 0 Å². The number of rotatable bonds is 4. The first-order valence-electron chi connectivity index (χ1n) is 5.31. The highest BCUT2D eigenvalue weighted by Crippen LogP contribution is 2.31. The number of aromatic nitrogens is 2. The van der Waals surface area contributed by atoms with Gasteiger partial charge in [0.1, 0.15) is 0 Å². The van der Waals surface area contributed by atoms with Crippen molar-refractivity contribution in [3.63, 3.8) is 0 Å². The first-order chi connectivity index (χ1) is 9.13. The van der Waals surface area contributed by atoms with Gasteiger partial charge in [0.2, 0.25) is 0 Å². The lowest BCUT2D eigenvalue weighted by Gasteiger charge is -2.10. The van der Waals surface area contributed by atoms with Crippen molar-refractivity contribution < 1.29 is 9.53 Å². The molecule has 0 aliphatic heterocycles. The molecule has 1 heterocycles. The number of ether oxygens (including phenoxy) is 1. The summed E-state index contributed by atoms with van der Waals surface area (Å²) < 4.78 is 6.34. The minimum atomic E-state index is -0.315. The normalized spacial score (nSPS) is 9.95. The topological polar surface area (TPSA) is 44.1 Å². The Hall–Kier alpha value is -0.880. The molecule has 0 saturated heterocycles. The van der Waals surface area contributed by atoms with E-state index in [2.05, 4.69) is 9.72 Å². The van der Waals surface area contributed by atoms with Crippen molar-refractivity contribution in [1.82, 2.24) is 9.55 Å². The zero-order valence-electron chi connectivity index (χ0n) is 10.4. The minimum Gasteiger partial charge on any atom is -0.468 e. The number of carbonyl (C=O) groups excluding carboxylic acids is 1. The second-order valence-corrected chi connectivity index (χ2v) is 5.27. The monoisotopic (exact) mass is 352 g/mol. The maximum atomic E-state index is 11.2. The Bertz CT molecular complexity index is 584. The van der Waals surface area contributed by atoms with Crippen LogP contribution in [0.4, 0.5) is 0 Å². The number of hydrogen-bond acceptors (Lipinski definition) is 4. The zero-order chi connectivity index (χ0) is 13.8. The Morgan fingerprint density at radius 2 is 2.05 bits per heavy atom. The predicted octanol–water partition coefficient (Wildman–Crippen LogP) is 3.87. The van der Waals surface area contributed by atoms with Gasteiger partial charge < -0.3 is 4.74 Å². The van der Waals surface area contributed by atoms with Crippen molar-refractivity contribution in [2.45, 2.75) is 5.16 Å². The molecule has 0 unspecified atom stereocenters. The average molecular weight is 354 g/mol. The molecular formula is C12H11Cl3N2O2S. The van der Waals surface area contributed by atoms with Gasteiger partial charge in [0.15, 0.2) is 5.16 Å². The third kappa shape index (κ3) is 3.82. The quantitative estimate of drug-likeness (QED) is 0.618. The van der Waals surface area contributed by atoms with Gasteiger partial charge in [0.05, 0.1) is 28.6 Å². The molecule has 0 spiro atoms. The number of para-hydroxylation sites is 1. The molecular weight excluding hydrogens is 343 g/mol. The molecule has 0 radical (unpaired) electrons. The zero-order valence-corrected chi connectivity index (χ0v) is 13.5. The van der Waals surface area contributed by atoms with Crippen LogP contribution in [0.15, 0.2) is 35.7 Å². The summed E-state index contributed by atoms with van der Waals surface area (Å²) in [5.74, 6) is -0.139. The van der Waals surface area contributed by atoms with E-state index in [1.54, 1.807) is 35.2 Å². The molecule has 8 heteroatoms. The number of methoxy groups -OCH3 is 1. The van der Waals surface area contributed by atoms with Crippen LogP contribution in [0.25, 0.3) is 5.69 Å². The maximum Gasteiger partial charge on any atom is 0.316 e. The molecule has 0 N–H and O–H groups in total. The lowest BCUT2D eigenvalue weighted by molar-refractivity contribution is -0.137. The fourth-order valence-electron chi connectivity index (χ4n) is 1.47. The number of halogens is 3. The van der Waals surface area contributed by atoms with Crippen LogP contribution in [-0.4, -0.2) is 28.4 Å². The molecule has 2 rings (SSSR count). The summed E-state index contributed by atoms with van der Waals surface area (Å²) in [7, 11) is 1.35. The number of esters is 1. The lowest BCUT2D eigenvalue weighted by atomic mass is 10.3. The van der Waals surface area contributed by atoms with E-state index in [0.717, 1.165) is 0 Å². The number of nitrogens with zero attached hydrogens (tertiary/aromatic N) is 2. The Balaban J connectivity index is 0.00000200. The molecule has 1 aromatic carbocycles. The molecule has 0 fully saturated rings. The number of benzene rings is 1. The molecule has 2 aromatic rings. The van der Waals surface area contributed by atoms with Gasteiger partial charge in [-0.2, -0.15) is 0 Å². The molecule has 0 bridgehead atoms. The summed E-state index contributed by atoms with van der Waals surface area (Å²) in [6.07, 6.45) is 3.37. The Kier molecular flexibility index (Phi) is 6.68. The highest BCUT2D eigenvalue weighted by molar-refractivity contribution is 7.99. The molecule has 0 saturated carbocycles. The van der Waals surface area contributed by atoms with Crippen molar-refractivity contribution in [2.75, 3.05) is 12.9 Å². The summed E-state index contributed by atoms with van der Waals surface area (Å²) in [6, 6.07) is 5.27. The van der Waals surface area contributed by atoms with Crippen LogP contribution in [0.3, 0.4) is 0 Å². The predicted molar refractivity (Wildman–Crippen MR) is 83.6 cm³/mol. The number of carbonyl (C=O) groups is 1. The first kappa shape index (κ1) is 17.2. The highest BCUT2D eigenvalue weighted by Gasteiger charge is 2.13. The molecule has 1 aromatic heterocycles. The molecule has 108 valence electrons. The SMILES string of the molecule is COC(=O)CSc1nccn1-c1c(Cl)cccc1Cl.Cl. The second kappa shape index (κ2) is 7.78. The van der Waals surface area contributed by atoms with Crippen LogP contribution in [0.1, 0.15) is 0 Å². The fraction of sp³-hybridized carbons (Fsp3) is 0.167. The highest BCUT2D eigenvalue weighted by atomic mass is 35.5. The van der Waals surface area contributed by atoms with E-state index in [0.29, 0.717) is 20.9 Å². The van der Waals surface area contributed by atoms with E-state index in [1.807, 2.05) is 0 Å². The standard InChI is InChI=1S/C12H10Cl2N2O2S.ClH/c1-18-10(17)7-19-12-15-5-6-16(12)11-8(13)3-2-4-9(11)14;/h2-6H,7H2,1H3;1H. The van der Waals surface area contributed by atoms with E-state index >= 15 is 0 Å². The van der Waals surface area contributed by atoms with Gasteiger partial charge in [-0.3, -0.25) is 9.36 Å². The van der Waals surface area contributed by atoms with Gasteiger partial charge in [-0.25, -0.2) is 4.98 Å². The summed E-state index contributed by atoms with van der Waals surface area (Å²) in [4.78, 5) is 15.3. The number of hydrogen-bond donors (Lipinski definition) is 0. The van der Waals surface area contributed by atoms with Gasteiger partial charge in [-0.15, -0.1) is 12.4 Å². The van der Waals surface area contributed by atoms with Crippen molar-refractivity contribution in [3.05, 3.63) is 40.6 Å². The van der Waals surface area contributed by atoms with Gasteiger partial charge in [-0.1, -0.05) is 41.0 Å². The van der Waals surface area contributed by atoms with E-state index in [1.165, 1.54) is 18.9 Å². The van der Waals surface area contributed by atoms with Gasteiger partial charge >= 0.3 is 5.97 Å². The summed E-state index contributed by atoms with van der Waals surface area (Å²) >= 11 is 13.6. The van der Waals surface area contributed by atoms with Gasteiger partial charge in [0, 0.05) is 12.4 Å². The van der Waals surface area contributed by atoms with Gasteiger partial charge in [0.25, 0.3) is 0 Å². The third-order valence-corrected chi connectivity index (χ3v) is 3.88. The maximum absolute atomic E-state index is 11.2. The summed E-state index contributed by atoms with van der Waals surface area (Å²) in [6.45, 7) is 0. The van der Waals surface area contributed by atoms with Crippen LogP contribution in [0.2, 0.25) is 10.0 Å². The molecule has 0 aliphatic carbocycles. The molecule has 20 heavy (non-hydrogen) atoms. The molecule has 4 nitrogen and oxygen atoms in total. The largest absolute Gasteiger partial charge is 0.468 e. The Morgan fingerprint density at radius 3 is 2.65 bits per heavy atom. The van der Waals surface area contributed by atoms with E-state index in [-0.39, 0.29) is 24.1 Å². The van der Waals surface area contributed by atoms with Crippen molar-refractivity contribution in [1.29, 1.82) is 0 Å². The molecule has 0 atom stereocenters. The summed E-state index contributed by atoms with van der Waals surface area (Å²) in [5.41, 5.74) is 0.649. The third-order valence-electron chi connectivity index (χ3n) is 2.33. The van der Waals surface area contributed by atoms with E-state index in [9.17, 15) is 4.79 Å². The van der Waals surface area contributed by atoms with Crippen LogP contribution >= 0.6 is 47.4 Å². The van der Waals surface area contributed by atoms with Crippen molar-refractivity contribution in [2.24, 2.45) is 0 Å². The van der Waals surface area contributed by atoms with Crippen molar-refractivity contribution in [3.8, 4) is 5.69 Å². The van der Waals surface area contributed by atoms with Gasteiger partial charge in [-0.05, 0) is 12.1 Å². The molecule has 0 aliphatic rings. The second-order valence-electron chi connectivity index (χ2n) is 3.51. The summed E-state index contributed by atoms with van der Waals surface area (Å²) in [5, 5.41) is 1.66. The van der Waals surface area contributed by atoms with Crippen molar-refractivity contribution >= 4 is 53.3 Å². The lowest BCUT2D eigenvalue weighted by Crippen LogP contribution is -2.05. The fourth-order valence-corrected chi connectivity index (χ4v) is 2.84. The Labute approximate surface area is 136 Å². The van der Waals surface area contributed by atoms with Crippen LogP contribution in [0.5, 0.6) is 0 Å². The Morgan fingerprint density at radius 1 is 1.40 bits per heavy atom. The van der Waals surface area contributed by atoms with Crippen LogP contribution in [-0.2, 0) is 9.53 Å². The number of thioether (sulfide) groups is 1. The van der Waals surface area contributed by atoms with Crippen LogP contribution in [0, 0.1) is 0 Å². The molecule has 0 amide bonds. The minimum absolute atomic E-state index is 0. The van der Waals surface area contributed by atoms with Crippen LogP contribution < -0.4 is 0 Å². The number of imidazole rings is 1.